The lowest BCUT2D eigenvalue weighted by molar-refractivity contribution is 0.0949. The highest BCUT2D eigenvalue weighted by Crippen LogP contribution is 2.30. The molecule has 0 atom stereocenters. The molecule has 142 valence electrons. The standard InChI is InChI=1S/C23H19N5O/c24-26-22(29)21-20(17-11-5-2-6-12-17)25-23-27(15-16-9-3-1-4-10-16)18-13-7-8-14-19(18)28(21)23/h1-14H,15,24H2,(H,26,29). The predicted octanol–water partition coefficient (Wildman–Crippen LogP) is 3.61. The number of para-hydroxylation sites is 2. The second kappa shape index (κ2) is 6.92. The molecule has 6 nitrogen and oxygen atoms in total. The summed E-state index contributed by atoms with van der Waals surface area (Å²) in [6.07, 6.45) is 0. The maximum absolute atomic E-state index is 12.8. The maximum Gasteiger partial charge on any atom is 0.284 e. The Balaban J connectivity index is 1.85. The number of fused-ring (bicyclic) bond motifs is 3. The molecule has 0 fully saturated rings. The van der Waals surface area contributed by atoms with Gasteiger partial charge < -0.3 is 4.57 Å². The van der Waals surface area contributed by atoms with E-state index in [1.54, 1.807) is 0 Å². The number of hydrogen-bond donors (Lipinski definition) is 2. The molecular weight excluding hydrogens is 362 g/mol. The van der Waals surface area contributed by atoms with E-state index >= 15 is 0 Å². The first-order valence-corrected chi connectivity index (χ1v) is 9.38. The molecule has 29 heavy (non-hydrogen) atoms. The van der Waals surface area contributed by atoms with E-state index in [0.717, 1.165) is 22.2 Å². The van der Waals surface area contributed by atoms with Crippen LogP contribution in [0.2, 0.25) is 0 Å². The number of nitrogens with two attached hydrogens (primary N) is 1. The van der Waals surface area contributed by atoms with E-state index in [-0.39, 0.29) is 5.91 Å². The number of carbonyl (C=O) groups excluding carboxylic acids is 1. The van der Waals surface area contributed by atoms with Crippen molar-refractivity contribution in [3.63, 3.8) is 0 Å². The molecule has 0 unspecified atom stereocenters. The van der Waals surface area contributed by atoms with Gasteiger partial charge in [0.05, 0.1) is 17.6 Å². The van der Waals surface area contributed by atoms with Crippen molar-refractivity contribution in [2.75, 3.05) is 0 Å². The van der Waals surface area contributed by atoms with Crippen LogP contribution < -0.4 is 11.3 Å². The van der Waals surface area contributed by atoms with Crippen LogP contribution in [-0.2, 0) is 6.54 Å². The third-order valence-corrected chi connectivity index (χ3v) is 5.09. The minimum absolute atomic E-state index is 0.376. The molecule has 0 aliphatic heterocycles. The van der Waals surface area contributed by atoms with Gasteiger partial charge >= 0.3 is 0 Å². The van der Waals surface area contributed by atoms with Crippen LogP contribution >= 0.6 is 0 Å². The Hall–Kier alpha value is -3.90. The summed E-state index contributed by atoms with van der Waals surface area (Å²) in [7, 11) is 0. The van der Waals surface area contributed by atoms with Crippen LogP contribution in [0.25, 0.3) is 28.1 Å². The second-order valence-corrected chi connectivity index (χ2v) is 6.84. The third kappa shape index (κ3) is 2.78. The van der Waals surface area contributed by atoms with Gasteiger partial charge in [0.25, 0.3) is 5.91 Å². The van der Waals surface area contributed by atoms with E-state index in [2.05, 4.69) is 22.1 Å². The van der Waals surface area contributed by atoms with Crippen molar-refractivity contribution in [1.82, 2.24) is 19.4 Å². The van der Waals surface area contributed by atoms with Crippen LogP contribution in [0.4, 0.5) is 0 Å². The summed E-state index contributed by atoms with van der Waals surface area (Å²) in [5, 5.41) is 0. The zero-order chi connectivity index (χ0) is 19.8. The van der Waals surface area contributed by atoms with Crippen LogP contribution in [0.15, 0.2) is 84.9 Å². The largest absolute Gasteiger partial charge is 0.305 e. The molecule has 6 heteroatoms. The van der Waals surface area contributed by atoms with Crippen molar-refractivity contribution in [1.29, 1.82) is 0 Å². The van der Waals surface area contributed by atoms with Crippen molar-refractivity contribution < 1.29 is 4.79 Å². The summed E-state index contributed by atoms with van der Waals surface area (Å²) in [6.45, 7) is 0.646. The molecule has 0 saturated heterocycles. The molecule has 0 aliphatic rings. The Morgan fingerprint density at radius 1 is 0.862 bits per heavy atom. The van der Waals surface area contributed by atoms with Crippen molar-refractivity contribution in [2.45, 2.75) is 6.54 Å². The second-order valence-electron chi connectivity index (χ2n) is 6.84. The van der Waals surface area contributed by atoms with Gasteiger partial charge in [-0.3, -0.25) is 14.6 Å². The highest BCUT2D eigenvalue weighted by molar-refractivity contribution is 6.01. The highest BCUT2D eigenvalue weighted by atomic mass is 16.2. The van der Waals surface area contributed by atoms with Gasteiger partial charge in [0, 0.05) is 5.56 Å². The van der Waals surface area contributed by atoms with E-state index < -0.39 is 0 Å². The number of nitrogens with zero attached hydrogens (tertiary/aromatic N) is 3. The van der Waals surface area contributed by atoms with Crippen molar-refractivity contribution in [3.8, 4) is 11.3 Å². The number of benzene rings is 3. The molecule has 3 aromatic carbocycles. The lowest BCUT2D eigenvalue weighted by Gasteiger charge is -2.06. The summed E-state index contributed by atoms with van der Waals surface area (Å²) in [5.41, 5.74) is 7.26. The number of carbonyl (C=O) groups is 1. The molecule has 0 bridgehead atoms. The SMILES string of the molecule is NNC(=O)c1c(-c2ccccc2)nc2n(Cc3ccccc3)c3ccccc3n12. The first-order chi connectivity index (χ1) is 14.3. The van der Waals surface area contributed by atoms with Crippen LogP contribution in [-0.4, -0.2) is 19.9 Å². The van der Waals surface area contributed by atoms with Crippen LogP contribution in [0.5, 0.6) is 0 Å². The number of nitrogens with one attached hydrogen (secondary N) is 1. The first kappa shape index (κ1) is 17.2. The van der Waals surface area contributed by atoms with E-state index in [4.69, 9.17) is 10.8 Å². The van der Waals surface area contributed by atoms with Gasteiger partial charge in [-0.25, -0.2) is 10.8 Å². The molecular formula is C23H19N5O. The minimum Gasteiger partial charge on any atom is -0.305 e. The van der Waals surface area contributed by atoms with Gasteiger partial charge in [-0.05, 0) is 17.7 Å². The smallest absolute Gasteiger partial charge is 0.284 e. The van der Waals surface area contributed by atoms with Crippen molar-refractivity contribution >= 4 is 22.7 Å². The predicted molar refractivity (Wildman–Crippen MR) is 113 cm³/mol. The topological polar surface area (TPSA) is 77.3 Å². The zero-order valence-electron chi connectivity index (χ0n) is 15.6. The van der Waals surface area contributed by atoms with Gasteiger partial charge in [0.2, 0.25) is 5.78 Å². The molecule has 0 aliphatic carbocycles. The number of aromatic nitrogens is 3. The van der Waals surface area contributed by atoms with E-state index in [9.17, 15) is 4.79 Å². The lowest BCUT2D eigenvalue weighted by Crippen LogP contribution is -2.31. The quantitative estimate of drug-likeness (QED) is 0.284. The van der Waals surface area contributed by atoms with Gasteiger partial charge in [-0.15, -0.1) is 0 Å². The summed E-state index contributed by atoms with van der Waals surface area (Å²) in [6, 6.07) is 27.9. The van der Waals surface area contributed by atoms with Gasteiger partial charge in [0.15, 0.2) is 0 Å². The summed E-state index contributed by atoms with van der Waals surface area (Å²) >= 11 is 0. The summed E-state index contributed by atoms with van der Waals surface area (Å²) in [4.78, 5) is 17.7. The molecule has 5 aromatic rings. The molecule has 0 spiro atoms. The molecule has 2 aromatic heterocycles. The van der Waals surface area contributed by atoms with Crippen LogP contribution in [0.1, 0.15) is 16.1 Å². The van der Waals surface area contributed by atoms with Crippen molar-refractivity contribution in [2.24, 2.45) is 5.84 Å². The van der Waals surface area contributed by atoms with E-state index in [1.165, 1.54) is 0 Å². The lowest BCUT2D eigenvalue weighted by atomic mass is 10.1. The molecule has 0 radical (unpaired) electrons. The number of rotatable bonds is 4. The van der Waals surface area contributed by atoms with Crippen LogP contribution in [0, 0.1) is 0 Å². The highest BCUT2D eigenvalue weighted by Gasteiger charge is 2.25. The number of amides is 1. The molecule has 0 saturated carbocycles. The Kier molecular flexibility index (Phi) is 4.11. The molecule has 1 amide bonds. The van der Waals surface area contributed by atoms with Crippen molar-refractivity contribution in [3.05, 3.63) is 96.2 Å². The maximum atomic E-state index is 12.8. The van der Waals surface area contributed by atoms with E-state index in [1.807, 2.05) is 77.2 Å². The summed E-state index contributed by atoms with van der Waals surface area (Å²) < 4.78 is 4.02. The average molecular weight is 381 g/mol. The van der Waals surface area contributed by atoms with Crippen LogP contribution in [0.3, 0.4) is 0 Å². The molecule has 3 N–H and O–H groups in total. The average Bonchev–Trinajstić information content (AvgIpc) is 3.31. The number of hydrogen-bond acceptors (Lipinski definition) is 3. The third-order valence-electron chi connectivity index (χ3n) is 5.09. The summed E-state index contributed by atoms with van der Waals surface area (Å²) in [5.74, 6) is 5.85. The Morgan fingerprint density at radius 3 is 2.17 bits per heavy atom. The normalized spacial score (nSPS) is 11.2. The van der Waals surface area contributed by atoms with E-state index in [0.29, 0.717) is 23.7 Å². The monoisotopic (exact) mass is 381 g/mol. The Bertz CT molecular complexity index is 1320. The first-order valence-electron chi connectivity index (χ1n) is 9.38. The molecule has 2 heterocycles. The fraction of sp³-hybridized carbons (Fsp3) is 0.0435. The number of nitrogen functional groups attached to an aromatic ring is 1. The fourth-order valence-electron chi connectivity index (χ4n) is 3.80. The molecule has 5 rings (SSSR count). The fourth-order valence-corrected chi connectivity index (χ4v) is 3.80. The Labute approximate surface area is 167 Å². The number of imidazole rings is 2. The number of hydrazine groups is 1. The zero-order valence-corrected chi connectivity index (χ0v) is 15.6. The minimum atomic E-state index is -0.376. The Morgan fingerprint density at radius 2 is 1.48 bits per heavy atom. The van der Waals surface area contributed by atoms with Gasteiger partial charge in [-0.1, -0.05) is 72.8 Å². The van der Waals surface area contributed by atoms with Gasteiger partial charge in [-0.2, -0.15) is 0 Å². The van der Waals surface area contributed by atoms with Gasteiger partial charge in [0.1, 0.15) is 11.4 Å².